The fourth-order valence-electron chi connectivity index (χ4n) is 1.41. The van der Waals surface area contributed by atoms with Crippen LogP contribution < -0.4 is 0 Å². The van der Waals surface area contributed by atoms with Crippen molar-refractivity contribution < 1.29 is 14.7 Å². The third kappa shape index (κ3) is 5.14. The Morgan fingerprint density at radius 1 is 1.25 bits per heavy atom. The quantitative estimate of drug-likeness (QED) is 0.726. The number of rotatable bonds is 7. The number of carbonyl (C=O) groups excluding carboxylic acids is 1. The van der Waals surface area contributed by atoms with Gasteiger partial charge in [-0.05, 0) is 6.42 Å². The van der Waals surface area contributed by atoms with Crippen LogP contribution in [0.4, 0.5) is 0 Å². The van der Waals surface area contributed by atoms with Crippen molar-refractivity contribution in [2.75, 3.05) is 13.1 Å². The van der Waals surface area contributed by atoms with E-state index in [2.05, 4.69) is 6.92 Å². The second-order valence-electron chi connectivity index (χ2n) is 4.53. The lowest BCUT2D eigenvalue weighted by molar-refractivity contribution is -0.143. The predicted molar refractivity (Wildman–Crippen MR) is 63.1 cm³/mol. The van der Waals surface area contributed by atoms with Crippen molar-refractivity contribution in [3.63, 3.8) is 0 Å². The molecule has 0 aliphatic heterocycles. The lowest BCUT2D eigenvalue weighted by Crippen LogP contribution is -2.39. The molecule has 0 aromatic rings. The molecule has 0 aliphatic carbocycles. The highest BCUT2D eigenvalue weighted by Crippen LogP contribution is 2.08. The van der Waals surface area contributed by atoms with Gasteiger partial charge in [0.15, 0.2) is 0 Å². The van der Waals surface area contributed by atoms with E-state index < -0.39 is 11.9 Å². The van der Waals surface area contributed by atoms with Crippen LogP contribution in [0.25, 0.3) is 0 Å². The van der Waals surface area contributed by atoms with Gasteiger partial charge in [0.05, 0.1) is 5.92 Å². The van der Waals surface area contributed by atoms with E-state index in [9.17, 15) is 9.59 Å². The van der Waals surface area contributed by atoms with Gasteiger partial charge in [-0.3, -0.25) is 9.59 Å². The molecule has 94 valence electrons. The molecule has 16 heavy (non-hydrogen) atoms. The Balaban J connectivity index is 4.42. The van der Waals surface area contributed by atoms with Crippen LogP contribution in [0.1, 0.15) is 40.5 Å². The molecule has 0 saturated carbocycles. The molecule has 1 atom stereocenters. The molecule has 0 heterocycles. The summed E-state index contributed by atoms with van der Waals surface area (Å²) < 4.78 is 0. The lowest BCUT2D eigenvalue weighted by atomic mass is 10.1. The molecule has 0 radical (unpaired) electrons. The van der Waals surface area contributed by atoms with Crippen LogP contribution in [0.2, 0.25) is 0 Å². The van der Waals surface area contributed by atoms with E-state index in [0.29, 0.717) is 13.1 Å². The minimum absolute atomic E-state index is 0.0431. The van der Waals surface area contributed by atoms with Gasteiger partial charge in [0.1, 0.15) is 0 Å². The van der Waals surface area contributed by atoms with Gasteiger partial charge in [0, 0.05) is 19.0 Å². The smallest absolute Gasteiger partial charge is 0.308 e. The van der Waals surface area contributed by atoms with Crippen molar-refractivity contribution in [1.29, 1.82) is 0 Å². The Morgan fingerprint density at radius 2 is 1.81 bits per heavy atom. The number of carboxylic acids is 1. The highest BCUT2D eigenvalue weighted by molar-refractivity contribution is 5.79. The minimum Gasteiger partial charge on any atom is -0.481 e. The van der Waals surface area contributed by atoms with E-state index >= 15 is 0 Å². The predicted octanol–water partition coefficient (Wildman–Crippen LogP) is 1.99. The number of carboxylic acid groups (broad SMARTS) is 1. The van der Waals surface area contributed by atoms with Crippen molar-refractivity contribution in [3.05, 3.63) is 0 Å². The zero-order valence-electron chi connectivity index (χ0n) is 10.7. The average Bonchev–Trinajstić information content (AvgIpc) is 2.22. The molecule has 0 aliphatic rings. The van der Waals surface area contributed by atoms with Crippen molar-refractivity contribution >= 4 is 11.9 Å². The summed E-state index contributed by atoms with van der Waals surface area (Å²) in [5.41, 5.74) is 0. The average molecular weight is 229 g/mol. The monoisotopic (exact) mass is 229 g/mol. The summed E-state index contributed by atoms with van der Waals surface area (Å²) in [5, 5.41) is 8.84. The molecule has 0 spiro atoms. The van der Waals surface area contributed by atoms with Gasteiger partial charge in [-0.25, -0.2) is 0 Å². The van der Waals surface area contributed by atoms with Crippen molar-refractivity contribution in [3.8, 4) is 0 Å². The molecular weight excluding hydrogens is 206 g/mol. The van der Waals surface area contributed by atoms with Crippen LogP contribution in [-0.2, 0) is 9.59 Å². The Kier molecular flexibility index (Phi) is 6.77. The zero-order valence-corrected chi connectivity index (χ0v) is 10.7. The fraction of sp³-hybridized carbons (Fsp3) is 0.833. The standard InChI is InChI=1S/C12H23NO3/c1-5-6-7-13(11(14)9(2)3)8-10(4)12(15)16/h9-10H,5-8H2,1-4H3,(H,15,16). The molecule has 0 aromatic heterocycles. The van der Waals surface area contributed by atoms with Crippen LogP contribution in [0.15, 0.2) is 0 Å². The highest BCUT2D eigenvalue weighted by atomic mass is 16.4. The summed E-state index contributed by atoms with van der Waals surface area (Å²) in [6, 6.07) is 0. The number of unbranched alkanes of at least 4 members (excludes halogenated alkanes) is 1. The van der Waals surface area contributed by atoms with E-state index in [1.165, 1.54) is 0 Å². The highest BCUT2D eigenvalue weighted by Gasteiger charge is 2.21. The maximum absolute atomic E-state index is 11.8. The number of carbonyl (C=O) groups is 2. The third-order valence-corrected chi connectivity index (χ3v) is 2.50. The minimum atomic E-state index is -0.849. The van der Waals surface area contributed by atoms with E-state index in [1.807, 2.05) is 13.8 Å². The lowest BCUT2D eigenvalue weighted by Gasteiger charge is -2.26. The molecule has 0 bridgehead atoms. The van der Waals surface area contributed by atoms with E-state index in [1.54, 1.807) is 11.8 Å². The van der Waals surface area contributed by atoms with Crippen molar-refractivity contribution in [2.24, 2.45) is 11.8 Å². The molecule has 4 nitrogen and oxygen atoms in total. The topological polar surface area (TPSA) is 57.6 Å². The molecule has 0 saturated heterocycles. The second-order valence-corrected chi connectivity index (χ2v) is 4.53. The van der Waals surface area contributed by atoms with Gasteiger partial charge in [0.25, 0.3) is 0 Å². The number of nitrogens with zero attached hydrogens (tertiary/aromatic N) is 1. The first-order valence-corrected chi connectivity index (χ1v) is 5.91. The SMILES string of the molecule is CCCCN(CC(C)C(=O)O)C(=O)C(C)C. The van der Waals surface area contributed by atoms with Gasteiger partial charge in [0.2, 0.25) is 5.91 Å². The largest absolute Gasteiger partial charge is 0.481 e. The number of aliphatic carboxylic acids is 1. The molecular formula is C12H23NO3. The summed E-state index contributed by atoms with van der Waals surface area (Å²) in [4.78, 5) is 24.3. The molecule has 0 fully saturated rings. The number of amides is 1. The van der Waals surface area contributed by atoms with Gasteiger partial charge >= 0.3 is 5.97 Å². The Labute approximate surface area is 97.6 Å². The summed E-state index contributed by atoms with van der Waals surface area (Å²) in [6.45, 7) is 8.34. The maximum atomic E-state index is 11.8. The van der Waals surface area contributed by atoms with Crippen molar-refractivity contribution in [1.82, 2.24) is 4.90 Å². The summed E-state index contributed by atoms with van der Waals surface area (Å²) in [6.07, 6.45) is 1.92. The van der Waals surface area contributed by atoms with Crippen LogP contribution in [0, 0.1) is 11.8 Å². The summed E-state index contributed by atoms with van der Waals surface area (Å²) in [7, 11) is 0. The molecule has 0 rings (SSSR count). The van der Waals surface area contributed by atoms with Crippen molar-refractivity contribution in [2.45, 2.75) is 40.5 Å². The Hall–Kier alpha value is -1.06. The van der Waals surface area contributed by atoms with Crippen LogP contribution in [0.3, 0.4) is 0 Å². The first-order chi connectivity index (χ1) is 7.40. The molecule has 1 N–H and O–H groups in total. The van der Waals surface area contributed by atoms with Gasteiger partial charge in [-0.1, -0.05) is 34.1 Å². The van der Waals surface area contributed by atoms with E-state index in [0.717, 1.165) is 12.8 Å². The summed E-state index contributed by atoms with van der Waals surface area (Å²) >= 11 is 0. The zero-order chi connectivity index (χ0) is 12.7. The fourth-order valence-corrected chi connectivity index (χ4v) is 1.41. The van der Waals surface area contributed by atoms with Gasteiger partial charge < -0.3 is 10.0 Å². The van der Waals surface area contributed by atoms with Gasteiger partial charge in [-0.15, -0.1) is 0 Å². The number of hydrogen-bond acceptors (Lipinski definition) is 2. The van der Waals surface area contributed by atoms with E-state index in [4.69, 9.17) is 5.11 Å². The second kappa shape index (κ2) is 7.25. The maximum Gasteiger partial charge on any atom is 0.308 e. The Morgan fingerprint density at radius 3 is 2.19 bits per heavy atom. The Bertz CT molecular complexity index is 238. The summed E-state index contributed by atoms with van der Waals surface area (Å²) in [5.74, 6) is -1.38. The van der Waals surface area contributed by atoms with Crippen LogP contribution in [-0.4, -0.2) is 35.0 Å². The number of hydrogen-bond donors (Lipinski definition) is 1. The first-order valence-electron chi connectivity index (χ1n) is 5.91. The molecule has 1 unspecified atom stereocenters. The third-order valence-electron chi connectivity index (χ3n) is 2.50. The molecule has 0 aromatic carbocycles. The van der Waals surface area contributed by atoms with Crippen LogP contribution in [0.5, 0.6) is 0 Å². The van der Waals surface area contributed by atoms with Crippen LogP contribution >= 0.6 is 0 Å². The van der Waals surface area contributed by atoms with E-state index in [-0.39, 0.29) is 11.8 Å². The first kappa shape index (κ1) is 14.9. The molecule has 1 amide bonds. The van der Waals surface area contributed by atoms with Gasteiger partial charge in [-0.2, -0.15) is 0 Å². The molecule has 4 heteroatoms. The normalized spacial score (nSPS) is 12.6.